The van der Waals surface area contributed by atoms with Crippen molar-refractivity contribution in [2.45, 2.75) is 26.3 Å². The van der Waals surface area contributed by atoms with Crippen molar-refractivity contribution in [1.29, 1.82) is 0 Å². The quantitative estimate of drug-likeness (QED) is 0.452. The third kappa shape index (κ3) is 3.19. The number of rotatable bonds is 4. The molecule has 3 rings (SSSR count). The van der Waals surface area contributed by atoms with E-state index in [9.17, 15) is 14.7 Å². The molecule has 134 valence electrons. The first-order valence-corrected chi connectivity index (χ1v) is 9.35. The highest BCUT2D eigenvalue weighted by Gasteiger charge is 2.45. The molecule has 26 heavy (non-hydrogen) atoms. The standard InChI is InChI=1S/C21H20BrNO3/c1-3-11-23-18(14-7-5-4-6-8-14)17(20(25)21(23)26)19(24)15-9-10-16(22)13(2)12-15/h4-10,12,18,24H,3,11H2,1-2H3/b19-17-. The molecule has 2 aromatic rings. The number of amides is 1. The maximum atomic E-state index is 12.7. The molecule has 1 aliphatic heterocycles. The lowest BCUT2D eigenvalue weighted by atomic mass is 9.95. The van der Waals surface area contributed by atoms with Crippen LogP contribution in [0.5, 0.6) is 0 Å². The van der Waals surface area contributed by atoms with E-state index in [0.717, 1.165) is 22.0 Å². The highest BCUT2D eigenvalue weighted by molar-refractivity contribution is 9.10. The molecule has 1 heterocycles. The molecule has 1 aliphatic rings. The van der Waals surface area contributed by atoms with Gasteiger partial charge >= 0.3 is 0 Å². The third-order valence-corrected chi connectivity index (χ3v) is 5.44. The van der Waals surface area contributed by atoms with E-state index in [4.69, 9.17) is 0 Å². The van der Waals surface area contributed by atoms with E-state index >= 15 is 0 Å². The summed E-state index contributed by atoms with van der Waals surface area (Å²) in [5.74, 6) is -1.33. The smallest absolute Gasteiger partial charge is 0.295 e. The summed E-state index contributed by atoms with van der Waals surface area (Å²) in [4.78, 5) is 26.8. The Labute approximate surface area is 161 Å². The maximum absolute atomic E-state index is 12.7. The van der Waals surface area contributed by atoms with Crippen molar-refractivity contribution < 1.29 is 14.7 Å². The van der Waals surface area contributed by atoms with Gasteiger partial charge in [-0.25, -0.2) is 0 Å². The van der Waals surface area contributed by atoms with Crippen LogP contribution in [0.25, 0.3) is 5.76 Å². The Bertz CT molecular complexity index is 889. The second kappa shape index (κ2) is 7.46. The molecule has 1 amide bonds. The van der Waals surface area contributed by atoms with Crippen molar-refractivity contribution in [2.24, 2.45) is 0 Å². The van der Waals surface area contributed by atoms with Crippen LogP contribution in [0.1, 0.15) is 36.1 Å². The topological polar surface area (TPSA) is 57.6 Å². The second-order valence-corrected chi connectivity index (χ2v) is 7.22. The maximum Gasteiger partial charge on any atom is 0.295 e. The van der Waals surface area contributed by atoms with Gasteiger partial charge in [0.2, 0.25) is 0 Å². The van der Waals surface area contributed by atoms with Crippen molar-refractivity contribution in [1.82, 2.24) is 4.90 Å². The van der Waals surface area contributed by atoms with Crippen molar-refractivity contribution >= 4 is 33.4 Å². The van der Waals surface area contributed by atoms with Crippen molar-refractivity contribution in [3.63, 3.8) is 0 Å². The molecule has 0 aliphatic carbocycles. The number of likely N-dealkylation sites (tertiary alicyclic amines) is 1. The van der Waals surface area contributed by atoms with Crippen LogP contribution in [0.3, 0.4) is 0 Å². The van der Waals surface area contributed by atoms with Gasteiger partial charge < -0.3 is 10.0 Å². The zero-order valence-electron chi connectivity index (χ0n) is 14.7. The average Bonchev–Trinajstić information content (AvgIpc) is 2.89. The van der Waals surface area contributed by atoms with Gasteiger partial charge in [0.1, 0.15) is 5.76 Å². The summed E-state index contributed by atoms with van der Waals surface area (Å²) in [6.07, 6.45) is 0.730. The summed E-state index contributed by atoms with van der Waals surface area (Å²) >= 11 is 3.44. The van der Waals surface area contributed by atoms with Crippen LogP contribution in [-0.4, -0.2) is 28.2 Å². The van der Waals surface area contributed by atoms with Crippen LogP contribution in [-0.2, 0) is 9.59 Å². The summed E-state index contributed by atoms with van der Waals surface area (Å²) in [5, 5.41) is 10.9. The van der Waals surface area contributed by atoms with E-state index in [1.165, 1.54) is 0 Å². The lowest BCUT2D eigenvalue weighted by molar-refractivity contribution is -0.139. The van der Waals surface area contributed by atoms with E-state index in [2.05, 4.69) is 15.9 Å². The van der Waals surface area contributed by atoms with Crippen molar-refractivity contribution in [3.05, 3.63) is 75.3 Å². The Morgan fingerprint density at radius 2 is 1.85 bits per heavy atom. The Hall–Kier alpha value is -2.40. The Morgan fingerprint density at radius 3 is 2.46 bits per heavy atom. The van der Waals surface area contributed by atoms with Gasteiger partial charge in [0.15, 0.2) is 0 Å². The first kappa shape index (κ1) is 18.4. The predicted octanol–water partition coefficient (Wildman–Crippen LogP) is 4.59. The van der Waals surface area contributed by atoms with Gasteiger partial charge in [-0.15, -0.1) is 0 Å². The lowest BCUT2D eigenvalue weighted by Crippen LogP contribution is -2.30. The minimum absolute atomic E-state index is 0.133. The Kier molecular flexibility index (Phi) is 5.28. The number of halogens is 1. The van der Waals surface area contributed by atoms with Gasteiger partial charge in [-0.3, -0.25) is 9.59 Å². The largest absolute Gasteiger partial charge is 0.507 e. The molecule has 1 unspecified atom stereocenters. The molecule has 0 radical (unpaired) electrons. The number of hydrogen-bond donors (Lipinski definition) is 1. The number of ketones is 1. The van der Waals surface area contributed by atoms with Crippen molar-refractivity contribution in [2.75, 3.05) is 6.54 Å². The molecule has 2 aromatic carbocycles. The minimum atomic E-state index is -0.634. The molecule has 5 heteroatoms. The third-order valence-electron chi connectivity index (χ3n) is 4.55. The number of benzene rings is 2. The minimum Gasteiger partial charge on any atom is -0.507 e. The fraction of sp³-hybridized carbons (Fsp3) is 0.238. The second-order valence-electron chi connectivity index (χ2n) is 6.37. The summed E-state index contributed by atoms with van der Waals surface area (Å²) in [7, 11) is 0. The Morgan fingerprint density at radius 1 is 1.15 bits per heavy atom. The molecule has 0 spiro atoms. The van der Waals surface area contributed by atoms with Gasteiger partial charge in [-0.2, -0.15) is 0 Å². The van der Waals surface area contributed by atoms with Crippen LogP contribution in [0.15, 0.2) is 58.6 Å². The highest BCUT2D eigenvalue weighted by Crippen LogP contribution is 2.39. The van der Waals surface area contributed by atoms with Gasteiger partial charge in [-0.1, -0.05) is 59.3 Å². The van der Waals surface area contributed by atoms with Crippen LogP contribution >= 0.6 is 15.9 Å². The highest BCUT2D eigenvalue weighted by atomic mass is 79.9. The SMILES string of the molecule is CCCN1C(=O)C(=O)/C(=C(\O)c2ccc(Br)c(C)c2)C1c1ccccc1. The fourth-order valence-corrected chi connectivity index (χ4v) is 3.53. The summed E-state index contributed by atoms with van der Waals surface area (Å²) < 4.78 is 0.917. The summed E-state index contributed by atoms with van der Waals surface area (Å²) in [5.41, 5.74) is 2.43. The molecule has 0 aromatic heterocycles. The molecule has 4 nitrogen and oxygen atoms in total. The number of carbonyl (C=O) groups excluding carboxylic acids is 2. The van der Waals surface area contributed by atoms with E-state index in [-0.39, 0.29) is 11.3 Å². The summed E-state index contributed by atoms with van der Waals surface area (Å²) in [6, 6.07) is 14.2. The number of aliphatic hydroxyl groups excluding tert-OH is 1. The molecule has 0 saturated carbocycles. The normalized spacial score (nSPS) is 19.2. The molecule has 1 saturated heterocycles. The van der Waals surface area contributed by atoms with E-state index in [1.807, 2.05) is 50.2 Å². The molecule has 1 fully saturated rings. The number of carbonyl (C=O) groups is 2. The van der Waals surface area contributed by atoms with Gasteiger partial charge in [0, 0.05) is 16.6 Å². The summed E-state index contributed by atoms with van der Waals surface area (Å²) in [6.45, 7) is 4.32. The lowest BCUT2D eigenvalue weighted by Gasteiger charge is -2.24. The van der Waals surface area contributed by atoms with Gasteiger partial charge in [-0.05, 0) is 36.6 Å². The van der Waals surface area contributed by atoms with Gasteiger partial charge in [0.25, 0.3) is 11.7 Å². The molecule has 0 bridgehead atoms. The number of hydrogen-bond acceptors (Lipinski definition) is 3. The van der Waals surface area contributed by atoms with E-state index in [1.54, 1.807) is 17.0 Å². The van der Waals surface area contributed by atoms with Crippen molar-refractivity contribution in [3.8, 4) is 0 Å². The van der Waals surface area contributed by atoms with Crippen LogP contribution in [0.2, 0.25) is 0 Å². The zero-order chi connectivity index (χ0) is 18.8. The molecule has 1 atom stereocenters. The Balaban J connectivity index is 2.19. The zero-order valence-corrected chi connectivity index (χ0v) is 16.3. The molecular weight excluding hydrogens is 394 g/mol. The van der Waals surface area contributed by atoms with Crippen LogP contribution < -0.4 is 0 Å². The monoisotopic (exact) mass is 413 g/mol. The van der Waals surface area contributed by atoms with Gasteiger partial charge in [0.05, 0.1) is 11.6 Å². The average molecular weight is 414 g/mol. The number of aryl methyl sites for hydroxylation is 1. The predicted molar refractivity (Wildman–Crippen MR) is 105 cm³/mol. The molecular formula is C21H20BrNO3. The number of nitrogens with zero attached hydrogens (tertiary/aromatic N) is 1. The van der Waals surface area contributed by atoms with E-state index in [0.29, 0.717) is 12.1 Å². The fourth-order valence-electron chi connectivity index (χ4n) is 3.28. The number of Topliss-reactive ketones (excluding diaryl/α,β-unsaturated/α-hetero) is 1. The van der Waals surface area contributed by atoms with Crippen LogP contribution in [0, 0.1) is 6.92 Å². The first-order valence-electron chi connectivity index (χ1n) is 8.55. The van der Waals surface area contributed by atoms with Crippen LogP contribution in [0.4, 0.5) is 0 Å². The first-order chi connectivity index (χ1) is 12.5. The molecule has 1 N–H and O–H groups in total. The van der Waals surface area contributed by atoms with E-state index < -0.39 is 17.7 Å². The number of aliphatic hydroxyl groups is 1.